The van der Waals surface area contributed by atoms with Gasteiger partial charge in [-0.3, -0.25) is 14.6 Å². The van der Waals surface area contributed by atoms with E-state index in [4.69, 9.17) is 9.72 Å². The number of carbonyl (C=O) groups excluding carboxylic acids is 2. The topological polar surface area (TPSA) is 76.5 Å². The van der Waals surface area contributed by atoms with Crippen LogP contribution in [-0.4, -0.2) is 33.5 Å². The highest BCUT2D eigenvalue weighted by Crippen LogP contribution is 2.45. The molecule has 4 rings (SSSR count). The molecular formula is C29H30FNO4. The Bertz CT molecular complexity index is 1270. The van der Waals surface area contributed by atoms with Crippen LogP contribution in [0, 0.1) is 5.82 Å². The van der Waals surface area contributed by atoms with E-state index in [0.717, 1.165) is 46.1 Å². The first-order valence-corrected chi connectivity index (χ1v) is 11.9. The Kier molecular flexibility index (Phi) is 7.13. The van der Waals surface area contributed by atoms with Crippen molar-refractivity contribution in [2.45, 2.75) is 64.1 Å². The van der Waals surface area contributed by atoms with E-state index in [1.807, 2.05) is 24.3 Å². The Hall–Kier alpha value is -3.38. The van der Waals surface area contributed by atoms with Gasteiger partial charge in [-0.05, 0) is 57.4 Å². The molecule has 2 aromatic carbocycles. The number of hydrogen-bond acceptors (Lipinski definition) is 5. The fraction of sp³-hybridized carbons (Fsp3) is 0.345. The Balaban J connectivity index is 1.65. The lowest BCUT2D eigenvalue weighted by atomic mass is 9.92. The van der Waals surface area contributed by atoms with Crippen molar-refractivity contribution in [3.8, 4) is 11.1 Å². The van der Waals surface area contributed by atoms with Crippen LogP contribution in [0.2, 0.25) is 0 Å². The number of Topliss-reactive ketones (excluding diaryl/α,β-unsaturated/α-hetero) is 1. The zero-order chi connectivity index (χ0) is 25.2. The van der Waals surface area contributed by atoms with E-state index in [1.54, 1.807) is 45.1 Å². The number of para-hydroxylation sites is 1. The summed E-state index contributed by atoms with van der Waals surface area (Å²) in [7, 11) is 0. The number of aliphatic hydroxyl groups excluding tert-OH is 1. The van der Waals surface area contributed by atoms with Crippen molar-refractivity contribution in [1.82, 2.24) is 4.98 Å². The monoisotopic (exact) mass is 475 g/mol. The first-order chi connectivity index (χ1) is 16.6. The van der Waals surface area contributed by atoms with Gasteiger partial charge in [0.15, 0.2) is 0 Å². The summed E-state index contributed by atoms with van der Waals surface area (Å²) in [6.07, 6.45) is 3.80. The maximum Gasteiger partial charge on any atom is 0.313 e. The Labute approximate surface area is 204 Å². The van der Waals surface area contributed by atoms with Crippen molar-refractivity contribution in [3.05, 3.63) is 71.7 Å². The van der Waals surface area contributed by atoms with Crippen LogP contribution in [0.5, 0.6) is 0 Å². The van der Waals surface area contributed by atoms with Gasteiger partial charge in [0.05, 0.1) is 17.3 Å². The number of halogens is 1. The molecule has 1 heterocycles. The van der Waals surface area contributed by atoms with Gasteiger partial charge in [0.1, 0.15) is 23.6 Å². The zero-order valence-corrected chi connectivity index (χ0v) is 20.3. The van der Waals surface area contributed by atoms with E-state index < -0.39 is 23.5 Å². The highest BCUT2D eigenvalue weighted by molar-refractivity contribution is 5.99. The van der Waals surface area contributed by atoms with Crippen molar-refractivity contribution in [1.29, 1.82) is 0 Å². The molecule has 35 heavy (non-hydrogen) atoms. The molecular weight excluding hydrogens is 445 g/mol. The lowest BCUT2D eigenvalue weighted by Gasteiger charge is -2.19. The van der Waals surface area contributed by atoms with Crippen LogP contribution >= 0.6 is 0 Å². The molecule has 1 fully saturated rings. The third-order valence-corrected chi connectivity index (χ3v) is 5.74. The van der Waals surface area contributed by atoms with Gasteiger partial charge >= 0.3 is 5.97 Å². The van der Waals surface area contributed by atoms with Crippen LogP contribution in [-0.2, 0) is 14.3 Å². The van der Waals surface area contributed by atoms with E-state index in [-0.39, 0.29) is 18.7 Å². The number of ether oxygens (including phenoxy) is 1. The molecule has 0 aliphatic heterocycles. The molecule has 0 amide bonds. The second-order valence-corrected chi connectivity index (χ2v) is 10.0. The third-order valence-electron chi connectivity index (χ3n) is 5.74. The number of aliphatic hydroxyl groups is 1. The molecule has 5 nitrogen and oxygen atoms in total. The maximum atomic E-state index is 13.7. The summed E-state index contributed by atoms with van der Waals surface area (Å²) >= 11 is 0. The molecule has 0 unspecified atom stereocenters. The number of hydrogen-bond donors (Lipinski definition) is 1. The van der Waals surface area contributed by atoms with Crippen LogP contribution in [0.1, 0.15) is 63.6 Å². The Morgan fingerprint density at radius 2 is 1.83 bits per heavy atom. The van der Waals surface area contributed by atoms with Crippen LogP contribution < -0.4 is 0 Å². The van der Waals surface area contributed by atoms with Gasteiger partial charge in [-0.1, -0.05) is 42.5 Å². The van der Waals surface area contributed by atoms with Crippen molar-refractivity contribution in [3.63, 3.8) is 0 Å². The molecule has 3 aromatic rings. The predicted molar refractivity (Wildman–Crippen MR) is 134 cm³/mol. The fourth-order valence-corrected chi connectivity index (χ4v) is 4.13. The van der Waals surface area contributed by atoms with Crippen LogP contribution in [0.4, 0.5) is 4.39 Å². The first-order valence-electron chi connectivity index (χ1n) is 11.9. The molecule has 1 aliphatic carbocycles. The van der Waals surface area contributed by atoms with Gasteiger partial charge in [0, 0.05) is 28.9 Å². The SMILES string of the molecule is CC(C)(C)OC(=O)CC(=O)C[C@H](O)C=Cc1c(C2CC2)nc2ccccc2c1-c1ccc(F)cc1. The molecule has 0 bridgehead atoms. The van der Waals surface area contributed by atoms with Crippen molar-refractivity contribution in [2.24, 2.45) is 0 Å². The molecule has 6 heteroatoms. The van der Waals surface area contributed by atoms with Crippen molar-refractivity contribution >= 4 is 28.7 Å². The minimum atomic E-state index is -1.07. The number of carbonyl (C=O) groups is 2. The first kappa shape index (κ1) is 24.7. The number of nitrogens with zero attached hydrogens (tertiary/aromatic N) is 1. The maximum absolute atomic E-state index is 13.7. The zero-order valence-electron chi connectivity index (χ0n) is 20.3. The van der Waals surface area contributed by atoms with Gasteiger partial charge in [0.25, 0.3) is 0 Å². The quantitative estimate of drug-likeness (QED) is 0.320. The van der Waals surface area contributed by atoms with Gasteiger partial charge in [0.2, 0.25) is 0 Å². The second-order valence-electron chi connectivity index (χ2n) is 10.0. The van der Waals surface area contributed by atoms with E-state index in [0.29, 0.717) is 5.92 Å². The summed E-state index contributed by atoms with van der Waals surface area (Å²) in [5.74, 6) is -0.990. The minimum Gasteiger partial charge on any atom is -0.460 e. The highest BCUT2D eigenvalue weighted by atomic mass is 19.1. The summed E-state index contributed by atoms with van der Waals surface area (Å²) in [5, 5.41) is 11.5. The van der Waals surface area contributed by atoms with E-state index in [2.05, 4.69) is 0 Å². The number of aromatic nitrogens is 1. The second kappa shape index (κ2) is 10.1. The molecule has 0 radical (unpaired) electrons. The predicted octanol–water partition coefficient (Wildman–Crippen LogP) is 5.98. The summed E-state index contributed by atoms with van der Waals surface area (Å²) in [6, 6.07) is 14.2. The number of esters is 1. The average Bonchev–Trinajstić information content (AvgIpc) is 3.61. The van der Waals surface area contributed by atoms with Crippen molar-refractivity contribution in [2.75, 3.05) is 0 Å². The van der Waals surface area contributed by atoms with Crippen molar-refractivity contribution < 1.29 is 23.8 Å². The highest BCUT2D eigenvalue weighted by Gasteiger charge is 2.29. The number of ketones is 1. The summed E-state index contributed by atoms with van der Waals surface area (Å²) in [4.78, 5) is 29.1. The Morgan fingerprint density at radius 1 is 1.14 bits per heavy atom. The van der Waals surface area contributed by atoms with Crippen LogP contribution in [0.15, 0.2) is 54.6 Å². The molecule has 0 saturated heterocycles. The van der Waals surface area contributed by atoms with Crippen LogP contribution in [0.25, 0.3) is 28.1 Å². The molecule has 1 N–H and O–H groups in total. The number of pyridine rings is 1. The smallest absolute Gasteiger partial charge is 0.313 e. The van der Waals surface area contributed by atoms with Gasteiger partial charge in [-0.15, -0.1) is 0 Å². The van der Waals surface area contributed by atoms with E-state index in [9.17, 15) is 19.1 Å². The van der Waals surface area contributed by atoms with E-state index in [1.165, 1.54) is 12.1 Å². The molecule has 1 saturated carbocycles. The van der Waals surface area contributed by atoms with Gasteiger partial charge in [-0.25, -0.2) is 4.39 Å². The molecule has 1 atom stereocenters. The van der Waals surface area contributed by atoms with Crippen LogP contribution in [0.3, 0.4) is 0 Å². The number of benzene rings is 2. The third kappa shape index (κ3) is 6.40. The van der Waals surface area contributed by atoms with Gasteiger partial charge < -0.3 is 9.84 Å². The molecule has 1 aromatic heterocycles. The van der Waals surface area contributed by atoms with Gasteiger partial charge in [-0.2, -0.15) is 0 Å². The van der Waals surface area contributed by atoms with E-state index >= 15 is 0 Å². The molecule has 0 spiro atoms. The summed E-state index contributed by atoms with van der Waals surface area (Å²) < 4.78 is 18.9. The minimum absolute atomic E-state index is 0.193. The lowest BCUT2D eigenvalue weighted by molar-refractivity contribution is -0.156. The normalized spacial score (nSPS) is 14.9. The average molecular weight is 476 g/mol. The summed E-state index contributed by atoms with van der Waals surface area (Å²) in [5.41, 5.74) is 3.75. The molecule has 182 valence electrons. The molecule has 1 aliphatic rings. The largest absolute Gasteiger partial charge is 0.460 e. The summed E-state index contributed by atoms with van der Waals surface area (Å²) in [6.45, 7) is 5.21. The lowest BCUT2D eigenvalue weighted by Crippen LogP contribution is -2.26. The Morgan fingerprint density at radius 3 is 2.49 bits per heavy atom. The number of rotatable bonds is 8. The fourth-order valence-electron chi connectivity index (χ4n) is 4.13. The number of fused-ring (bicyclic) bond motifs is 1. The standard InChI is InChI=1S/C29H30FNO4/c1-29(2,3)35-26(34)17-22(33)16-21(32)14-15-24-27(18-10-12-20(30)13-11-18)23-6-4-5-7-25(23)31-28(24)19-8-9-19/h4-7,10-15,19,21,32H,8-9,16-17H2,1-3H3/t21-/m1/s1.